The van der Waals surface area contributed by atoms with E-state index in [1.54, 1.807) is 41.3 Å². The lowest BCUT2D eigenvalue weighted by atomic mass is 10.1. The van der Waals surface area contributed by atoms with Crippen molar-refractivity contribution in [1.82, 2.24) is 5.32 Å². The molecule has 1 N–H and O–H groups in total. The number of nitrogens with one attached hydrogen (secondary N) is 1. The largest absolute Gasteiger partial charge is 0.493 e. The van der Waals surface area contributed by atoms with E-state index in [9.17, 15) is 9.59 Å². The van der Waals surface area contributed by atoms with Crippen LogP contribution in [-0.2, 0) is 4.79 Å². The number of amides is 2. The Morgan fingerprint density at radius 1 is 1.12 bits per heavy atom. The van der Waals surface area contributed by atoms with E-state index in [0.717, 1.165) is 0 Å². The van der Waals surface area contributed by atoms with Crippen LogP contribution in [0.2, 0.25) is 0 Å². The van der Waals surface area contributed by atoms with Crippen molar-refractivity contribution in [3.8, 4) is 17.2 Å². The summed E-state index contributed by atoms with van der Waals surface area (Å²) in [6, 6.07) is 12.1. The molecule has 0 bridgehead atoms. The quantitative estimate of drug-likeness (QED) is 0.905. The van der Waals surface area contributed by atoms with Crippen molar-refractivity contribution in [3.05, 3.63) is 48.0 Å². The molecule has 2 aromatic carbocycles. The minimum absolute atomic E-state index is 0.115. The molecule has 7 nitrogen and oxygen atoms in total. The summed E-state index contributed by atoms with van der Waals surface area (Å²) in [5.74, 6) is 0.943. The Bertz CT molecular complexity index is 836. The van der Waals surface area contributed by atoms with Crippen molar-refractivity contribution >= 4 is 17.5 Å². The van der Waals surface area contributed by atoms with Gasteiger partial charge in [0.15, 0.2) is 17.6 Å². The van der Waals surface area contributed by atoms with Crippen molar-refractivity contribution in [2.75, 3.05) is 32.7 Å². The second-order valence-corrected chi connectivity index (χ2v) is 5.67. The minimum atomic E-state index is -0.779. The van der Waals surface area contributed by atoms with E-state index < -0.39 is 6.10 Å². The Labute approximate surface area is 151 Å². The summed E-state index contributed by atoms with van der Waals surface area (Å²) in [7, 11) is 4.58. The average molecular weight is 356 g/mol. The van der Waals surface area contributed by atoms with Crippen LogP contribution < -0.4 is 24.4 Å². The summed E-state index contributed by atoms with van der Waals surface area (Å²) in [5.41, 5.74) is 1.04. The number of carbonyl (C=O) groups is 2. The highest BCUT2D eigenvalue weighted by molar-refractivity contribution is 6.08. The van der Waals surface area contributed by atoms with Gasteiger partial charge in [-0.3, -0.25) is 9.59 Å². The van der Waals surface area contributed by atoms with Crippen LogP contribution in [0.1, 0.15) is 10.4 Å². The monoisotopic (exact) mass is 356 g/mol. The van der Waals surface area contributed by atoms with Gasteiger partial charge in [-0.1, -0.05) is 12.1 Å². The third-order valence-corrected chi connectivity index (χ3v) is 4.19. The molecule has 0 saturated carbocycles. The normalized spacial score (nSPS) is 15.5. The van der Waals surface area contributed by atoms with Crippen LogP contribution in [0.3, 0.4) is 0 Å². The van der Waals surface area contributed by atoms with Crippen molar-refractivity contribution in [1.29, 1.82) is 0 Å². The second kappa shape index (κ2) is 7.35. The van der Waals surface area contributed by atoms with Gasteiger partial charge in [0.1, 0.15) is 5.75 Å². The van der Waals surface area contributed by atoms with Gasteiger partial charge in [-0.2, -0.15) is 0 Å². The number of benzene rings is 2. The summed E-state index contributed by atoms with van der Waals surface area (Å²) in [5, 5.41) is 2.56. The van der Waals surface area contributed by atoms with E-state index in [0.29, 0.717) is 28.5 Å². The van der Waals surface area contributed by atoms with Crippen molar-refractivity contribution in [3.63, 3.8) is 0 Å². The molecule has 0 spiro atoms. The molecule has 0 aromatic heterocycles. The molecule has 2 aromatic rings. The summed E-state index contributed by atoms with van der Waals surface area (Å²) in [6.45, 7) is 0.115. The van der Waals surface area contributed by atoms with Crippen LogP contribution in [-0.4, -0.2) is 45.7 Å². The zero-order valence-electron chi connectivity index (χ0n) is 14.8. The molecule has 0 saturated heterocycles. The Balaban J connectivity index is 1.98. The van der Waals surface area contributed by atoms with Gasteiger partial charge in [-0.25, -0.2) is 0 Å². The Hall–Kier alpha value is -3.22. The first-order valence-corrected chi connectivity index (χ1v) is 8.10. The number of anilines is 1. The lowest BCUT2D eigenvalue weighted by Gasteiger charge is -2.34. The van der Waals surface area contributed by atoms with Gasteiger partial charge < -0.3 is 24.4 Å². The molecular weight excluding hydrogens is 336 g/mol. The van der Waals surface area contributed by atoms with E-state index in [-0.39, 0.29) is 18.4 Å². The molecular formula is C19H20N2O5. The van der Waals surface area contributed by atoms with E-state index in [1.807, 2.05) is 6.07 Å². The molecule has 1 aliphatic heterocycles. The van der Waals surface area contributed by atoms with Crippen LogP contribution in [0.4, 0.5) is 5.69 Å². The first kappa shape index (κ1) is 17.6. The van der Waals surface area contributed by atoms with Crippen LogP contribution in [0.25, 0.3) is 0 Å². The molecule has 26 heavy (non-hydrogen) atoms. The summed E-state index contributed by atoms with van der Waals surface area (Å²) in [6.07, 6.45) is -0.779. The number of nitrogens with zero attached hydrogens (tertiary/aromatic N) is 1. The van der Waals surface area contributed by atoms with Gasteiger partial charge in [0, 0.05) is 12.6 Å². The standard InChI is InChI=1S/C19H20N2O5/c1-20-18(22)17-11-21(13-6-4-5-7-14(13)26-17)19(23)12-8-9-15(24-2)16(10-12)25-3/h4-10,17H,11H2,1-3H3,(H,20,22)/t17-/m0/s1. The van der Waals surface area contributed by atoms with Crippen LogP contribution in [0.15, 0.2) is 42.5 Å². The van der Waals surface area contributed by atoms with Crippen LogP contribution in [0.5, 0.6) is 17.2 Å². The maximum Gasteiger partial charge on any atom is 0.262 e. The fraction of sp³-hybridized carbons (Fsp3) is 0.263. The number of rotatable bonds is 4. The molecule has 2 amide bonds. The smallest absolute Gasteiger partial charge is 0.262 e. The Morgan fingerprint density at radius 2 is 1.85 bits per heavy atom. The third kappa shape index (κ3) is 3.15. The van der Waals surface area contributed by atoms with E-state index in [2.05, 4.69) is 5.32 Å². The van der Waals surface area contributed by atoms with Gasteiger partial charge >= 0.3 is 0 Å². The Kier molecular flexibility index (Phi) is 4.97. The van der Waals surface area contributed by atoms with Crippen LogP contribution >= 0.6 is 0 Å². The van der Waals surface area contributed by atoms with Gasteiger partial charge in [0.2, 0.25) is 0 Å². The van der Waals surface area contributed by atoms with Crippen molar-refractivity contribution in [2.24, 2.45) is 0 Å². The molecule has 136 valence electrons. The van der Waals surface area contributed by atoms with E-state index >= 15 is 0 Å². The lowest BCUT2D eigenvalue weighted by molar-refractivity contribution is -0.127. The fourth-order valence-electron chi connectivity index (χ4n) is 2.85. The zero-order valence-corrected chi connectivity index (χ0v) is 14.8. The maximum absolute atomic E-state index is 13.1. The third-order valence-electron chi connectivity index (χ3n) is 4.19. The van der Waals surface area contributed by atoms with Gasteiger partial charge in [-0.15, -0.1) is 0 Å². The first-order valence-electron chi connectivity index (χ1n) is 8.10. The van der Waals surface area contributed by atoms with Crippen LogP contribution in [0, 0.1) is 0 Å². The number of para-hydroxylation sites is 2. The summed E-state index contributed by atoms with van der Waals surface area (Å²) >= 11 is 0. The number of fused-ring (bicyclic) bond motifs is 1. The van der Waals surface area contributed by atoms with Gasteiger partial charge in [-0.05, 0) is 30.3 Å². The number of ether oxygens (including phenoxy) is 3. The summed E-state index contributed by atoms with van der Waals surface area (Å²) in [4.78, 5) is 26.7. The zero-order chi connectivity index (χ0) is 18.7. The SMILES string of the molecule is CNC(=O)[C@@H]1CN(C(=O)c2ccc(OC)c(OC)c2)c2ccccc2O1. The second-order valence-electron chi connectivity index (χ2n) is 5.67. The molecule has 0 fully saturated rings. The number of likely N-dealkylation sites (N-methyl/N-ethyl adjacent to an activating group) is 1. The molecule has 3 rings (SSSR count). The molecule has 0 radical (unpaired) electrons. The number of hydrogen-bond donors (Lipinski definition) is 1. The lowest BCUT2D eigenvalue weighted by Crippen LogP contribution is -2.50. The number of methoxy groups -OCH3 is 2. The van der Waals surface area contributed by atoms with Gasteiger partial charge in [0.05, 0.1) is 26.5 Å². The predicted octanol–water partition coefficient (Wildman–Crippen LogP) is 1.86. The molecule has 0 unspecified atom stereocenters. The fourth-order valence-corrected chi connectivity index (χ4v) is 2.85. The van der Waals surface area contributed by atoms with Crippen molar-refractivity contribution < 1.29 is 23.8 Å². The van der Waals surface area contributed by atoms with E-state index in [1.165, 1.54) is 21.3 Å². The molecule has 0 aliphatic carbocycles. The average Bonchev–Trinajstić information content (AvgIpc) is 2.71. The molecule has 7 heteroatoms. The van der Waals surface area contributed by atoms with Crippen molar-refractivity contribution in [2.45, 2.75) is 6.10 Å². The maximum atomic E-state index is 13.1. The van der Waals surface area contributed by atoms with Gasteiger partial charge in [0.25, 0.3) is 11.8 Å². The molecule has 1 heterocycles. The number of carbonyl (C=O) groups excluding carboxylic acids is 2. The highest BCUT2D eigenvalue weighted by Crippen LogP contribution is 2.35. The summed E-state index contributed by atoms with van der Waals surface area (Å²) < 4.78 is 16.2. The Morgan fingerprint density at radius 3 is 2.54 bits per heavy atom. The first-order chi connectivity index (χ1) is 12.6. The predicted molar refractivity (Wildman–Crippen MR) is 96.1 cm³/mol. The molecule has 1 atom stereocenters. The van der Waals surface area contributed by atoms with E-state index in [4.69, 9.17) is 14.2 Å². The topological polar surface area (TPSA) is 77.1 Å². The highest BCUT2D eigenvalue weighted by atomic mass is 16.5. The number of hydrogen-bond acceptors (Lipinski definition) is 5. The highest BCUT2D eigenvalue weighted by Gasteiger charge is 2.34. The molecule has 1 aliphatic rings. The minimum Gasteiger partial charge on any atom is -0.493 e.